The Kier molecular flexibility index (Phi) is 3.60. The molecule has 12 heavy (non-hydrogen) atoms. The molecule has 0 saturated carbocycles. The second-order valence-corrected chi connectivity index (χ2v) is 3.16. The van der Waals surface area contributed by atoms with Crippen molar-refractivity contribution in [1.29, 1.82) is 0 Å². The number of hydrogen-bond acceptors (Lipinski definition) is 4. The maximum Gasteiger partial charge on any atom is 0.271 e. The predicted octanol–water partition coefficient (Wildman–Crippen LogP) is 1.08. The standard InChI is InChI=1S/C6H8IN3O2/c7-3-5(11)4-10-2-1-8-6(10)9-12/h1-2,5,11H,3-4H2. The van der Waals surface area contributed by atoms with E-state index < -0.39 is 6.10 Å². The summed E-state index contributed by atoms with van der Waals surface area (Å²) in [5.41, 5.74) is 0. The number of nitroso groups, excluding NO2 is 1. The summed E-state index contributed by atoms with van der Waals surface area (Å²) >= 11 is 2.07. The van der Waals surface area contributed by atoms with E-state index in [1.54, 1.807) is 6.20 Å². The Labute approximate surface area is 82.9 Å². The summed E-state index contributed by atoms with van der Waals surface area (Å²) in [5.74, 6) is 0.110. The van der Waals surface area contributed by atoms with Crippen LogP contribution in [-0.2, 0) is 6.54 Å². The molecule has 5 nitrogen and oxygen atoms in total. The van der Waals surface area contributed by atoms with Crippen LogP contribution in [0, 0.1) is 4.91 Å². The maximum absolute atomic E-state index is 10.1. The van der Waals surface area contributed by atoms with Gasteiger partial charge in [-0.05, 0) is 0 Å². The van der Waals surface area contributed by atoms with Crippen LogP contribution in [0.4, 0.5) is 5.95 Å². The largest absolute Gasteiger partial charge is 0.390 e. The van der Waals surface area contributed by atoms with E-state index in [-0.39, 0.29) is 5.95 Å². The van der Waals surface area contributed by atoms with Gasteiger partial charge in [-0.2, -0.15) is 0 Å². The Morgan fingerprint density at radius 3 is 3.17 bits per heavy atom. The zero-order valence-corrected chi connectivity index (χ0v) is 8.38. The van der Waals surface area contributed by atoms with Crippen molar-refractivity contribution in [2.45, 2.75) is 12.6 Å². The minimum atomic E-state index is -0.458. The number of rotatable bonds is 4. The first kappa shape index (κ1) is 9.59. The fourth-order valence-electron chi connectivity index (χ4n) is 0.816. The fourth-order valence-corrected chi connectivity index (χ4v) is 1.09. The van der Waals surface area contributed by atoms with Crippen LogP contribution < -0.4 is 0 Å². The van der Waals surface area contributed by atoms with Crippen molar-refractivity contribution in [3.63, 3.8) is 0 Å². The minimum Gasteiger partial charge on any atom is -0.390 e. The third kappa shape index (κ3) is 2.24. The third-order valence-electron chi connectivity index (χ3n) is 1.36. The number of nitrogens with zero attached hydrogens (tertiary/aromatic N) is 3. The molecule has 0 aliphatic rings. The molecule has 66 valence electrons. The predicted molar refractivity (Wildman–Crippen MR) is 52.6 cm³/mol. The summed E-state index contributed by atoms with van der Waals surface area (Å²) in [6.45, 7) is 0.365. The summed E-state index contributed by atoms with van der Waals surface area (Å²) < 4.78 is 2.14. The average molecular weight is 281 g/mol. The van der Waals surface area contributed by atoms with Gasteiger partial charge in [-0.1, -0.05) is 22.6 Å². The van der Waals surface area contributed by atoms with E-state index in [4.69, 9.17) is 0 Å². The molecule has 0 bridgehead atoms. The van der Waals surface area contributed by atoms with Gasteiger partial charge in [0.05, 0.1) is 12.6 Å². The third-order valence-corrected chi connectivity index (χ3v) is 2.38. The summed E-state index contributed by atoms with van der Waals surface area (Å²) in [5, 5.41) is 12.0. The number of aromatic nitrogens is 2. The molecule has 1 atom stereocenters. The van der Waals surface area contributed by atoms with Gasteiger partial charge in [-0.3, -0.25) is 0 Å². The van der Waals surface area contributed by atoms with Crippen molar-refractivity contribution >= 4 is 28.5 Å². The SMILES string of the molecule is O=Nc1nccn1CC(O)CI. The molecule has 1 N–H and O–H groups in total. The molecule has 6 heteroatoms. The lowest BCUT2D eigenvalue weighted by atomic mass is 10.4. The van der Waals surface area contributed by atoms with Crippen LogP contribution in [0.15, 0.2) is 17.6 Å². The van der Waals surface area contributed by atoms with Gasteiger partial charge in [0.15, 0.2) is 0 Å². The normalized spacial score (nSPS) is 12.8. The lowest BCUT2D eigenvalue weighted by Gasteiger charge is -2.07. The van der Waals surface area contributed by atoms with Crippen LogP contribution >= 0.6 is 22.6 Å². The van der Waals surface area contributed by atoms with E-state index in [2.05, 4.69) is 32.8 Å². The molecule has 1 rings (SSSR count). The van der Waals surface area contributed by atoms with Crippen molar-refractivity contribution in [3.05, 3.63) is 17.3 Å². The molecule has 0 aliphatic heterocycles. The number of hydrogen-bond donors (Lipinski definition) is 1. The molecule has 0 aliphatic carbocycles. The van der Waals surface area contributed by atoms with Gasteiger partial charge >= 0.3 is 0 Å². The zero-order valence-electron chi connectivity index (χ0n) is 6.22. The quantitative estimate of drug-likeness (QED) is 0.510. The number of aliphatic hydroxyl groups excluding tert-OH is 1. The summed E-state index contributed by atoms with van der Waals surface area (Å²) in [4.78, 5) is 13.8. The Hall–Kier alpha value is -0.500. The van der Waals surface area contributed by atoms with Gasteiger partial charge in [0, 0.05) is 22.0 Å². The molecule has 1 aromatic rings. The van der Waals surface area contributed by atoms with Crippen LogP contribution in [0.5, 0.6) is 0 Å². The smallest absolute Gasteiger partial charge is 0.271 e. The van der Waals surface area contributed by atoms with E-state index in [1.807, 2.05) is 0 Å². The monoisotopic (exact) mass is 281 g/mol. The van der Waals surface area contributed by atoms with Crippen molar-refractivity contribution in [3.8, 4) is 0 Å². The van der Waals surface area contributed by atoms with Crippen molar-refractivity contribution < 1.29 is 5.11 Å². The van der Waals surface area contributed by atoms with Crippen LogP contribution in [0.25, 0.3) is 0 Å². The highest BCUT2D eigenvalue weighted by atomic mass is 127. The summed E-state index contributed by atoms with van der Waals surface area (Å²) in [7, 11) is 0. The first-order valence-electron chi connectivity index (χ1n) is 3.36. The minimum absolute atomic E-state index is 0.110. The van der Waals surface area contributed by atoms with Gasteiger partial charge in [0.2, 0.25) is 0 Å². The number of imidazole rings is 1. The number of aliphatic hydroxyl groups is 1. The van der Waals surface area contributed by atoms with E-state index in [9.17, 15) is 10.0 Å². The highest BCUT2D eigenvalue weighted by Crippen LogP contribution is 2.09. The van der Waals surface area contributed by atoms with E-state index in [0.717, 1.165) is 0 Å². The van der Waals surface area contributed by atoms with Gasteiger partial charge in [0.1, 0.15) is 0 Å². The van der Waals surface area contributed by atoms with E-state index in [1.165, 1.54) is 10.8 Å². The Morgan fingerprint density at radius 1 is 1.83 bits per heavy atom. The molecule has 0 saturated heterocycles. The molecule has 0 aromatic carbocycles. The highest BCUT2D eigenvalue weighted by molar-refractivity contribution is 14.1. The van der Waals surface area contributed by atoms with Crippen LogP contribution in [0.2, 0.25) is 0 Å². The lowest BCUT2D eigenvalue weighted by molar-refractivity contribution is 0.181. The molecule has 1 unspecified atom stereocenters. The Morgan fingerprint density at radius 2 is 2.58 bits per heavy atom. The van der Waals surface area contributed by atoms with Crippen LogP contribution in [-0.4, -0.2) is 25.2 Å². The summed E-state index contributed by atoms with van der Waals surface area (Å²) in [6.07, 6.45) is 2.64. The number of halogens is 1. The molecule has 0 radical (unpaired) electrons. The molecule has 1 aromatic heterocycles. The second-order valence-electron chi connectivity index (χ2n) is 2.28. The second kappa shape index (κ2) is 4.51. The number of alkyl halides is 1. The topological polar surface area (TPSA) is 67.5 Å². The zero-order chi connectivity index (χ0) is 8.97. The first-order valence-corrected chi connectivity index (χ1v) is 4.89. The van der Waals surface area contributed by atoms with Gasteiger partial charge in [-0.15, -0.1) is 4.91 Å². The molecule has 0 spiro atoms. The molecule has 0 fully saturated rings. The summed E-state index contributed by atoms with van der Waals surface area (Å²) in [6, 6.07) is 0. The van der Waals surface area contributed by atoms with Gasteiger partial charge < -0.3 is 9.67 Å². The molecule has 0 amide bonds. The Bertz CT molecular complexity index is 263. The van der Waals surface area contributed by atoms with Crippen molar-refractivity contribution in [1.82, 2.24) is 9.55 Å². The van der Waals surface area contributed by atoms with Crippen molar-refractivity contribution in [2.75, 3.05) is 4.43 Å². The highest BCUT2D eigenvalue weighted by Gasteiger charge is 2.06. The fraction of sp³-hybridized carbons (Fsp3) is 0.500. The Balaban J connectivity index is 2.67. The lowest BCUT2D eigenvalue weighted by Crippen LogP contribution is -2.16. The van der Waals surface area contributed by atoms with Crippen LogP contribution in [0.3, 0.4) is 0 Å². The van der Waals surface area contributed by atoms with E-state index in [0.29, 0.717) is 11.0 Å². The van der Waals surface area contributed by atoms with Gasteiger partial charge in [0.25, 0.3) is 5.95 Å². The van der Waals surface area contributed by atoms with Crippen molar-refractivity contribution in [2.24, 2.45) is 5.18 Å². The van der Waals surface area contributed by atoms with E-state index >= 15 is 0 Å². The molecular formula is C6H8IN3O2. The van der Waals surface area contributed by atoms with Crippen LogP contribution in [0.1, 0.15) is 0 Å². The molecular weight excluding hydrogens is 273 g/mol. The maximum atomic E-state index is 10.1. The average Bonchev–Trinajstić information content (AvgIpc) is 2.51. The van der Waals surface area contributed by atoms with Gasteiger partial charge in [-0.25, -0.2) is 4.98 Å². The molecule has 1 heterocycles. The first-order chi connectivity index (χ1) is 5.77.